The number of ether oxygens (including phenoxy) is 1. The number of imidazole rings is 1. The van der Waals surface area contributed by atoms with Gasteiger partial charge in [0, 0.05) is 26.7 Å². The predicted octanol–water partition coefficient (Wildman–Crippen LogP) is 3.29. The lowest BCUT2D eigenvalue weighted by Crippen LogP contribution is -2.38. The largest absolute Gasteiger partial charge is 0.379 e. The minimum atomic E-state index is 0.271. The molecule has 0 saturated heterocycles. The Kier molecular flexibility index (Phi) is 8.15. The van der Waals surface area contributed by atoms with Crippen molar-refractivity contribution in [2.75, 3.05) is 26.7 Å². The summed E-state index contributed by atoms with van der Waals surface area (Å²) in [5.74, 6) is 1.80. The Bertz CT molecular complexity index is 666. The van der Waals surface area contributed by atoms with E-state index in [1.54, 1.807) is 0 Å². The second-order valence-corrected chi connectivity index (χ2v) is 6.47. The molecule has 0 radical (unpaired) electrons. The van der Waals surface area contributed by atoms with E-state index in [0.29, 0.717) is 6.54 Å². The molecule has 2 rings (SSSR count). The highest BCUT2D eigenvalue weighted by molar-refractivity contribution is 5.79. The molecule has 0 amide bonds. The van der Waals surface area contributed by atoms with Gasteiger partial charge in [-0.05, 0) is 32.8 Å². The molecule has 2 N–H and O–H groups in total. The third-order valence-corrected chi connectivity index (χ3v) is 3.81. The molecule has 0 spiro atoms. The smallest absolute Gasteiger partial charge is 0.194 e. The fraction of sp³-hybridized carbons (Fsp3) is 0.500. The molecular formula is C20H31N5O. The second-order valence-electron chi connectivity index (χ2n) is 6.47. The molecule has 0 fully saturated rings. The van der Waals surface area contributed by atoms with Crippen molar-refractivity contribution >= 4 is 5.96 Å². The Labute approximate surface area is 156 Å². The number of nitrogens with zero attached hydrogens (tertiary/aromatic N) is 3. The Balaban J connectivity index is 1.92. The summed E-state index contributed by atoms with van der Waals surface area (Å²) in [4.78, 5) is 14.7. The molecule has 1 aromatic carbocycles. The van der Waals surface area contributed by atoms with Crippen LogP contribution in [0.15, 0.2) is 41.5 Å². The van der Waals surface area contributed by atoms with E-state index in [1.807, 2.05) is 45.3 Å². The van der Waals surface area contributed by atoms with Gasteiger partial charge in [-0.3, -0.25) is 4.99 Å². The highest BCUT2D eigenvalue weighted by atomic mass is 16.5. The SMILES string of the molecule is CCNC(=NCCCOC(C)C)N(C)Cc1ncc(-c2ccccc2)[nH]1. The summed E-state index contributed by atoms with van der Waals surface area (Å²) >= 11 is 0. The van der Waals surface area contributed by atoms with Crippen LogP contribution in [0.3, 0.4) is 0 Å². The van der Waals surface area contributed by atoms with E-state index >= 15 is 0 Å². The standard InChI is InChI=1S/C20H31N5O/c1-5-21-20(22-12-9-13-26-16(2)3)25(4)15-19-23-14-18(24-19)17-10-7-6-8-11-17/h6-8,10-11,14,16H,5,9,12-13,15H2,1-4H3,(H,21,22)(H,23,24). The summed E-state index contributed by atoms with van der Waals surface area (Å²) in [6, 6.07) is 10.2. The zero-order chi connectivity index (χ0) is 18.8. The number of aromatic amines is 1. The summed E-state index contributed by atoms with van der Waals surface area (Å²) in [7, 11) is 2.02. The maximum Gasteiger partial charge on any atom is 0.194 e. The van der Waals surface area contributed by atoms with E-state index in [9.17, 15) is 0 Å². The van der Waals surface area contributed by atoms with Crippen molar-refractivity contribution in [1.82, 2.24) is 20.2 Å². The Hall–Kier alpha value is -2.34. The van der Waals surface area contributed by atoms with E-state index in [4.69, 9.17) is 4.74 Å². The van der Waals surface area contributed by atoms with Crippen molar-refractivity contribution in [3.8, 4) is 11.3 Å². The van der Waals surface area contributed by atoms with Gasteiger partial charge >= 0.3 is 0 Å². The zero-order valence-corrected chi connectivity index (χ0v) is 16.3. The quantitative estimate of drug-likeness (QED) is 0.411. The fourth-order valence-electron chi connectivity index (χ4n) is 2.55. The van der Waals surface area contributed by atoms with E-state index < -0.39 is 0 Å². The first kappa shape index (κ1) is 20.0. The molecule has 6 heteroatoms. The molecule has 0 atom stereocenters. The molecule has 2 aromatic rings. The average molecular weight is 358 g/mol. The summed E-state index contributed by atoms with van der Waals surface area (Å²) in [5.41, 5.74) is 2.17. The van der Waals surface area contributed by atoms with E-state index in [1.165, 1.54) is 0 Å². The van der Waals surface area contributed by atoms with Crippen LogP contribution in [-0.2, 0) is 11.3 Å². The zero-order valence-electron chi connectivity index (χ0n) is 16.3. The molecular weight excluding hydrogens is 326 g/mol. The van der Waals surface area contributed by atoms with Crippen LogP contribution in [0.4, 0.5) is 0 Å². The fourth-order valence-corrected chi connectivity index (χ4v) is 2.55. The summed E-state index contributed by atoms with van der Waals surface area (Å²) in [5, 5.41) is 3.33. The van der Waals surface area contributed by atoms with Crippen molar-refractivity contribution < 1.29 is 4.74 Å². The van der Waals surface area contributed by atoms with Crippen LogP contribution in [0.5, 0.6) is 0 Å². The van der Waals surface area contributed by atoms with Crippen LogP contribution in [-0.4, -0.2) is 53.7 Å². The number of hydrogen-bond donors (Lipinski definition) is 2. The number of aromatic nitrogens is 2. The number of aliphatic imine (C=N–C) groups is 1. The number of benzene rings is 1. The highest BCUT2D eigenvalue weighted by Gasteiger charge is 2.09. The third-order valence-electron chi connectivity index (χ3n) is 3.81. The lowest BCUT2D eigenvalue weighted by Gasteiger charge is -2.21. The summed E-state index contributed by atoms with van der Waals surface area (Å²) < 4.78 is 5.57. The second kappa shape index (κ2) is 10.6. The topological polar surface area (TPSA) is 65.5 Å². The van der Waals surface area contributed by atoms with Crippen molar-refractivity contribution in [2.45, 2.75) is 39.8 Å². The first-order chi connectivity index (χ1) is 12.6. The average Bonchev–Trinajstić information content (AvgIpc) is 3.09. The van der Waals surface area contributed by atoms with Gasteiger partial charge in [-0.2, -0.15) is 0 Å². The van der Waals surface area contributed by atoms with Gasteiger partial charge in [-0.1, -0.05) is 30.3 Å². The van der Waals surface area contributed by atoms with Gasteiger partial charge in [0.25, 0.3) is 0 Å². The number of H-pyrrole nitrogens is 1. The monoisotopic (exact) mass is 357 g/mol. The molecule has 0 aliphatic rings. The van der Waals surface area contributed by atoms with Gasteiger partial charge in [0.15, 0.2) is 5.96 Å². The maximum absolute atomic E-state index is 5.57. The molecule has 26 heavy (non-hydrogen) atoms. The van der Waals surface area contributed by atoms with Gasteiger partial charge in [0.2, 0.25) is 0 Å². The number of rotatable bonds is 9. The molecule has 0 aliphatic heterocycles. The molecule has 0 unspecified atom stereocenters. The molecule has 0 bridgehead atoms. The van der Waals surface area contributed by atoms with Gasteiger partial charge in [-0.15, -0.1) is 0 Å². The van der Waals surface area contributed by atoms with Crippen molar-refractivity contribution in [3.63, 3.8) is 0 Å². The lowest BCUT2D eigenvalue weighted by atomic mass is 10.2. The summed E-state index contributed by atoms with van der Waals surface area (Å²) in [6.45, 7) is 9.16. The van der Waals surface area contributed by atoms with Crippen molar-refractivity contribution in [2.24, 2.45) is 4.99 Å². The molecule has 0 saturated carbocycles. The number of nitrogens with one attached hydrogen (secondary N) is 2. The first-order valence-electron chi connectivity index (χ1n) is 9.30. The van der Waals surface area contributed by atoms with Crippen LogP contribution in [0.1, 0.15) is 33.0 Å². The molecule has 1 aromatic heterocycles. The minimum Gasteiger partial charge on any atom is -0.379 e. The van der Waals surface area contributed by atoms with Crippen LogP contribution in [0.25, 0.3) is 11.3 Å². The van der Waals surface area contributed by atoms with Crippen molar-refractivity contribution in [3.05, 3.63) is 42.4 Å². The highest BCUT2D eigenvalue weighted by Crippen LogP contribution is 2.16. The lowest BCUT2D eigenvalue weighted by molar-refractivity contribution is 0.0782. The van der Waals surface area contributed by atoms with Crippen LogP contribution >= 0.6 is 0 Å². The molecule has 6 nitrogen and oxygen atoms in total. The van der Waals surface area contributed by atoms with Crippen LogP contribution < -0.4 is 5.32 Å². The maximum atomic E-state index is 5.57. The first-order valence-corrected chi connectivity index (χ1v) is 9.30. The Morgan fingerprint density at radius 3 is 2.77 bits per heavy atom. The van der Waals surface area contributed by atoms with Crippen molar-refractivity contribution in [1.29, 1.82) is 0 Å². The van der Waals surface area contributed by atoms with Gasteiger partial charge < -0.3 is 19.9 Å². The van der Waals surface area contributed by atoms with Crippen LogP contribution in [0.2, 0.25) is 0 Å². The van der Waals surface area contributed by atoms with Gasteiger partial charge in [-0.25, -0.2) is 4.98 Å². The third kappa shape index (κ3) is 6.52. The number of guanidine groups is 1. The van der Waals surface area contributed by atoms with E-state index in [-0.39, 0.29) is 6.10 Å². The Morgan fingerprint density at radius 2 is 2.08 bits per heavy atom. The normalized spacial score (nSPS) is 11.8. The molecule has 1 heterocycles. The van der Waals surface area contributed by atoms with Crippen LogP contribution in [0, 0.1) is 0 Å². The Morgan fingerprint density at radius 1 is 1.31 bits per heavy atom. The predicted molar refractivity (Wildman–Crippen MR) is 107 cm³/mol. The summed E-state index contributed by atoms with van der Waals surface area (Å²) in [6.07, 6.45) is 3.07. The molecule has 0 aliphatic carbocycles. The minimum absolute atomic E-state index is 0.271. The van der Waals surface area contributed by atoms with E-state index in [0.717, 1.165) is 49.2 Å². The van der Waals surface area contributed by atoms with Gasteiger partial charge in [0.05, 0.1) is 24.5 Å². The van der Waals surface area contributed by atoms with E-state index in [2.05, 4.69) is 44.2 Å². The van der Waals surface area contributed by atoms with Gasteiger partial charge in [0.1, 0.15) is 5.82 Å². The number of hydrogen-bond acceptors (Lipinski definition) is 3. The molecule has 142 valence electrons.